The molecule has 0 fully saturated rings. The summed E-state index contributed by atoms with van der Waals surface area (Å²) in [7, 11) is 2.08. The molecule has 0 bridgehead atoms. The van der Waals surface area contributed by atoms with E-state index < -0.39 is 0 Å². The zero-order chi connectivity index (χ0) is 17.9. The van der Waals surface area contributed by atoms with Gasteiger partial charge in [0.15, 0.2) is 12.7 Å². The molecule has 0 aliphatic rings. The summed E-state index contributed by atoms with van der Waals surface area (Å²) in [6.45, 7) is 1.04. The molecule has 0 radical (unpaired) electrons. The van der Waals surface area contributed by atoms with E-state index in [0.29, 0.717) is 0 Å². The molecule has 4 aromatic rings. The van der Waals surface area contributed by atoms with Crippen LogP contribution < -0.4 is 28.5 Å². The van der Waals surface area contributed by atoms with E-state index in [2.05, 4.69) is 95.3 Å². The Hall–Kier alpha value is -2.18. The summed E-state index contributed by atoms with van der Waals surface area (Å²) in [5.74, 6) is 0. The molecule has 0 aliphatic carbocycles. The largest absolute Gasteiger partial charge is 1.00 e. The van der Waals surface area contributed by atoms with E-state index in [4.69, 9.17) is 5.11 Å². The molecular weight excluding hydrogens is 447 g/mol. The number of nitrogens with zero attached hydrogens (tertiary/aromatic N) is 2. The molecule has 0 amide bonds. The van der Waals surface area contributed by atoms with E-state index in [0.717, 1.165) is 13.0 Å². The van der Waals surface area contributed by atoms with Crippen molar-refractivity contribution in [2.45, 2.75) is 13.0 Å². The number of hydrogen-bond donors (Lipinski definition) is 1. The monoisotopic (exact) mass is 470 g/mol. The Labute approximate surface area is 176 Å². The minimum absolute atomic E-state index is 0. The summed E-state index contributed by atoms with van der Waals surface area (Å²) in [6.07, 6.45) is 9.44. The van der Waals surface area contributed by atoms with Crippen molar-refractivity contribution in [2.75, 3.05) is 6.61 Å². The van der Waals surface area contributed by atoms with Gasteiger partial charge in [-0.15, -0.1) is 0 Å². The zero-order valence-electron chi connectivity index (χ0n) is 15.3. The molecule has 4 heteroatoms. The Morgan fingerprint density at radius 3 is 2.44 bits per heavy atom. The molecule has 0 atom stereocenters. The molecule has 27 heavy (non-hydrogen) atoms. The number of aliphatic hydroxyl groups is 1. The van der Waals surface area contributed by atoms with Crippen molar-refractivity contribution in [3.63, 3.8) is 0 Å². The number of aromatic nitrogens is 2. The van der Waals surface area contributed by atoms with Gasteiger partial charge in [-0.25, -0.2) is 0 Å². The molecule has 1 N–H and O–H groups in total. The molecule has 138 valence electrons. The maximum Gasteiger partial charge on any atom is 0.213 e. The predicted octanol–water partition coefficient (Wildman–Crippen LogP) is 1.18. The van der Waals surface area contributed by atoms with Gasteiger partial charge in [0.05, 0.1) is 5.39 Å². The molecule has 2 aromatic carbocycles. The quantitative estimate of drug-likeness (QED) is 0.345. The van der Waals surface area contributed by atoms with Crippen LogP contribution in [-0.4, -0.2) is 16.3 Å². The standard InChI is InChI=1S/C23H23N2O.HI/c1-24-17-19(21-8-2-4-9-22(21)24)12-11-18-13-15-25(14-6-16-26)23-10-5-3-7-20(18)23;/h2-5,7-13,15,17,26H,6,14,16H2,1H3;1H/q+1;/p-1. The highest BCUT2D eigenvalue weighted by Gasteiger charge is 2.10. The first kappa shape index (κ1) is 19.6. The number of fused-ring (bicyclic) bond motifs is 2. The molecule has 2 heterocycles. The van der Waals surface area contributed by atoms with Gasteiger partial charge in [0.2, 0.25) is 5.52 Å². The predicted molar refractivity (Wildman–Crippen MR) is 108 cm³/mol. The summed E-state index contributed by atoms with van der Waals surface area (Å²) >= 11 is 0. The Balaban J connectivity index is 0.00000210. The topological polar surface area (TPSA) is 29.0 Å². The number of halogens is 1. The van der Waals surface area contributed by atoms with Gasteiger partial charge in [0.1, 0.15) is 0 Å². The molecule has 0 saturated carbocycles. The fraction of sp³-hybridized carbons (Fsp3) is 0.174. The van der Waals surface area contributed by atoms with Gasteiger partial charge in [-0.2, -0.15) is 4.57 Å². The van der Waals surface area contributed by atoms with Crippen LogP contribution in [0.25, 0.3) is 34.0 Å². The van der Waals surface area contributed by atoms with Gasteiger partial charge in [0, 0.05) is 49.3 Å². The average molecular weight is 470 g/mol. The fourth-order valence-electron chi connectivity index (χ4n) is 3.58. The van der Waals surface area contributed by atoms with Crippen LogP contribution in [-0.2, 0) is 13.6 Å². The minimum Gasteiger partial charge on any atom is -1.00 e. The SMILES string of the molecule is Cn1cc(/C=C/c2cc[n+](CCCO)c3ccccc23)c2ccccc21.[I-]. The third-order valence-electron chi connectivity index (χ3n) is 4.89. The molecule has 0 unspecified atom stereocenters. The highest BCUT2D eigenvalue weighted by molar-refractivity contribution is 5.94. The van der Waals surface area contributed by atoms with Crippen LogP contribution in [0.5, 0.6) is 0 Å². The lowest BCUT2D eigenvalue weighted by atomic mass is 10.1. The first-order chi connectivity index (χ1) is 12.8. The number of para-hydroxylation sites is 2. The van der Waals surface area contributed by atoms with Gasteiger partial charge in [-0.3, -0.25) is 0 Å². The molecule has 0 aliphatic heterocycles. The van der Waals surface area contributed by atoms with E-state index in [1.807, 2.05) is 0 Å². The van der Waals surface area contributed by atoms with E-state index >= 15 is 0 Å². The fourth-order valence-corrected chi connectivity index (χ4v) is 3.58. The maximum atomic E-state index is 9.13. The number of hydrogen-bond acceptors (Lipinski definition) is 1. The molecule has 2 aromatic heterocycles. The van der Waals surface area contributed by atoms with Crippen molar-refractivity contribution in [1.82, 2.24) is 4.57 Å². The van der Waals surface area contributed by atoms with Crippen LogP contribution in [0.15, 0.2) is 67.0 Å². The summed E-state index contributed by atoms with van der Waals surface area (Å²) in [6, 6.07) is 19.1. The first-order valence-corrected chi connectivity index (χ1v) is 9.02. The molecular formula is C23H23IN2O. The van der Waals surface area contributed by atoms with Gasteiger partial charge in [-0.1, -0.05) is 42.5 Å². The van der Waals surface area contributed by atoms with Crippen molar-refractivity contribution in [3.8, 4) is 0 Å². The Morgan fingerprint density at radius 2 is 1.63 bits per heavy atom. The first-order valence-electron chi connectivity index (χ1n) is 9.02. The second-order valence-corrected chi connectivity index (χ2v) is 6.60. The van der Waals surface area contributed by atoms with Crippen LogP contribution in [0.4, 0.5) is 0 Å². The number of pyridine rings is 1. The number of rotatable bonds is 5. The molecule has 0 spiro atoms. The number of aliphatic hydroxyl groups excluding tert-OH is 1. The van der Waals surface area contributed by atoms with Crippen molar-refractivity contribution >= 4 is 34.0 Å². The number of aryl methyl sites for hydroxylation is 2. The van der Waals surface area contributed by atoms with Crippen LogP contribution in [0.1, 0.15) is 17.5 Å². The Kier molecular flexibility index (Phi) is 6.29. The van der Waals surface area contributed by atoms with Crippen molar-refractivity contribution in [3.05, 3.63) is 78.1 Å². The second-order valence-electron chi connectivity index (χ2n) is 6.60. The normalized spacial score (nSPS) is 11.3. The molecule has 4 rings (SSSR count). The lowest BCUT2D eigenvalue weighted by molar-refractivity contribution is -0.672. The highest BCUT2D eigenvalue weighted by Crippen LogP contribution is 2.24. The summed E-state index contributed by atoms with van der Waals surface area (Å²) in [4.78, 5) is 0. The average Bonchev–Trinajstić information content (AvgIpc) is 3.01. The lowest BCUT2D eigenvalue weighted by Crippen LogP contribution is -3.00. The van der Waals surface area contributed by atoms with E-state index in [1.165, 1.54) is 32.9 Å². The number of benzene rings is 2. The third kappa shape index (κ3) is 3.92. The van der Waals surface area contributed by atoms with Crippen LogP contribution in [0, 0.1) is 0 Å². The van der Waals surface area contributed by atoms with E-state index in [-0.39, 0.29) is 30.6 Å². The summed E-state index contributed by atoms with van der Waals surface area (Å²) in [5.41, 5.74) is 4.87. The van der Waals surface area contributed by atoms with Crippen LogP contribution in [0.3, 0.4) is 0 Å². The van der Waals surface area contributed by atoms with Crippen molar-refractivity contribution < 1.29 is 33.7 Å². The lowest BCUT2D eigenvalue weighted by Gasteiger charge is -2.04. The summed E-state index contributed by atoms with van der Waals surface area (Å²) in [5, 5.41) is 11.6. The Bertz CT molecular complexity index is 1100. The van der Waals surface area contributed by atoms with Crippen molar-refractivity contribution in [2.24, 2.45) is 7.05 Å². The molecule has 3 nitrogen and oxygen atoms in total. The van der Waals surface area contributed by atoms with Crippen molar-refractivity contribution in [1.29, 1.82) is 0 Å². The second kappa shape index (κ2) is 8.67. The van der Waals surface area contributed by atoms with E-state index in [1.54, 1.807) is 0 Å². The van der Waals surface area contributed by atoms with Crippen LogP contribution >= 0.6 is 0 Å². The van der Waals surface area contributed by atoms with Gasteiger partial charge in [-0.05, 0) is 23.3 Å². The van der Waals surface area contributed by atoms with Gasteiger partial charge < -0.3 is 33.7 Å². The Morgan fingerprint density at radius 1 is 0.926 bits per heavy atom. The third-order valence-corrected chi connectivity index (χ3v) is 4.89. The molecule has 0 saturated heterocycles. The van der Waals surface area contributed by atoms with E-state index in [9.17, 15) is 0 Å². The van der Waals surface area contributed by atoms with Gasteiger partial charge in [0.25, 0.3) is 0 Å². The smallest absolute Gasteiger partial charge is 0.213 e. The van der Waals surface area contributed by atoms with Gasteiger partial charge >= 0.3 is 0 Å². The minimum atomic E-state index is 0. The zero-order valence-corrected chi connectivity index (χ0v) is 17.5. The maximum absolute atomic E-state index is 9.13. The highest BCUT2D eigenvalue weighted by atomic mass is 127. The van der Waals surface area contributed by atoms with Crippen LogP contribution in [0.2, 0.25) is 0 Å². The summed E-state index contributed by atoms with van der Waals surface area (Å²) < 4.78 is 4.38.